The smallest absolute Gasteiger partial charge is 0.226 e. The lowest BCUT2D eigenvalue weighted by atomic mass is 9.97. The zero-order valence-electron chi connectivity index (χ0n) is 11.9. The van der Waals surface area contributed by atoms with E-state index in [9.17, 15) is 4.79 Å². The van der Waals surface area contributed by atoms with Gasteiger partial charge >= 0.3 is 0 Å². The maximum absolute atomic E-state index is 12.2. The molecule has 1 aliphatic heterocycles. The van der Waals surface area contributed by atoms with E-state index in [0.29, 0.717) is 18.9 Å². The topological polar surface area (TPSA) is 55.6 Å². The van der Waals surface area contributed by atoms with Crippen LogP contribution in [0, 0.1) is 5.92 Å². The molecule has 0 aromatic heterocycles. The van der Waals surface area contributed by atoms with Crippen LogP contribution in [0.25, 0.3) is 0 Å². The van der Waals surface area contributed by atoms with E-state index in [4.69, 9.17) is 10.5 Å². The predicted molar refractivity (Wildman–Crippen MR) is 82.3 cm³/mol. The van der Waals surface area contributed by atoms with Crippen molar-refractivity contribution in [3.05, 3.63) is 29.8 Å². The second-order valence-electron chi connectivity index (χ2n) is 5.11. The highest BCUT2D eigenvalue weighted by Gasteiger charge is 2.22. The van der Waals surface area contributed by atoms with Crippen LogP contribution in [0.1, 0.15) is 18.4 Å². The molecule has 20 heavy (non-hydrogen) atoms. The van der Waals surface area contributed by atoms with Gasteiger partial charge in [0.1, 0.15) is 5.75 Å². The number of carbonyl (C=O) groups is 1. The lowest BCUT2D eigenvalue weighted by molar-refractivity contribution is -0.132. The Morgan fingerprint density at radius 2 is 2.10 bits per heavy atom. The first-order valence-corrected chi connectivity index (χ1v) is 6.83. The Balaban J connectivity index is 0.00000200. The van der Waals surface area contributed by atoms with Crippen LogP contribution in [0.2, 0.25) is 0 Å². The number of likely N-dealkylation sites (tertiary alicyclic amines) is 1. The molecule has 1 saturated heterocycles. The lowest BCUT2D eigenvalue weighted by Gasteiger charge is -2.32. The summed E-state index contributed by atoms with van der Waals surface area (Å²) >= 11 is 0. The quantitative estimate of drug-likeness (QED) is 0.923. The molecule has 112 valence electrons. The van der Waals surface area contributed by atoms with Crippen LogP contribution in [-0.4, -0.2) is 37.6 Å². The normalized spacial score (nSPS) is 18.3. The van der Waals surface area contributed by atoms with Crippen molar-refractivity contribution in [1.29, 1.82) is 0 Å². The molecule has 0 saturated carbocycles. The monoisotopic (exact) mass is 298 g/mol. The first kappa shape index (κ1) is 16.8. The third-order valence-electron chi connectivity index (χ3n) is 3.72. The van der Waals surface area contributed by atoms with Crippen molar-refractivity contribution >= 4 is 18.3 Å². The van der Waals surface area contributed by atoms with Crippen LogP contribution < -0.4 is 10.5 Å². The van der Waals surface area contributed by atoms with Crippen molar-refractivity contribution in [2.24, 2.45) is 11.7 Å². The van der Waals surface area contributed by atoms with Gasteiger partial charge in [-0.15, -0.1) is 12.4 Å². The molecule has 2 N–H and O–H groups in total. The van der Waals surface area contributed by atoms with E-state index in [2.05, 4.69) is 0 Å². The van der Waals surface area contributed by atoms with Crippen molar-refractivity contribution in [3.63, 3.8) is 0 Å². The zero-order chi connectivity index (χ0) is 13.7. The van der Waals surface area contributed by atoms with E-state index >= 15 is 0 Å². The van der Waals surface area contributed by atoms with Crippen LogP contribution in [0.3, 0.4) is 0 Å². The number of amides is 1. The highest BCUT2D eigenvalue weighted by Crippen LogP contribution is 2.17. The van der Waals surface area contributed by atoms with E-state index in [1.165, 1.54) is 0 Å². The molecule has 1 aromatic rings. The third-order valence-corrected chi connectivity index (χ3v) is 3.72. The summed E-state index contributed by atoms with van der Waals surface area (Å²) in [5.41, 5.74) is 6.73. The Labute approximate surface area is 126 Å². The minimum absolute atomic E-state index is 0. The second-order valence-corrected chi connectivity index (χ2v) is 5.11. The molecule has 1 amide bonds. The Morgan fingerprint density at radius 1 is 1.40 bits per heavy atom. The maximum Gasteiger partial charge on any atom is 0.226 e. The number of halogens is 1. The highest BCUT2D eigenvalue weighted by atomic mass is 35.5. The fraction of sp³-hybridized carbons (Fsp3) is 0.533. The number of nitrogens with two attached hydrogens (primary N) is 1. The van der Waals surface area contributed by atoms with Crippen molar-refractivity contribution in [2.45, 2.75) is 19.3 Å². The number of hydrogen-bond donors (Lipinski definition) is 1. The van der Waals surface area contributed by atoms with Gasteiger partial charge in [0.05, 0.1) is 13.5 Å². The van der Waals surface area contributed by atoms with E-state index in [0.717, 1.165) is 37.2 Å². The minimum atomic E-state index is 0. The van der Waals surface area contributed by atoms with Crippen molar-refractivity contribution < 1.29 is 9.53 Å². The molecule has 4 nitrogen and oxygen atoms in total. The average Bonchev–Trinajstić information content (AvgIpc) is 2.48. The molecule has 5 heteroatoms. The molecule has 1 atom stereocenters. The number of carbonyl (C=O) groups excluding carboxylic acids is 1. The molecule has 1 fully saturated rings. The molecule has 1 unspecified atom stereocenters. The van der Waals surface area contributed by atoms with Crippen LogP contribution >= 0.6 is 12.4 Å². The van der Waals surface area contributed by atoms with Gasteiger partial charge in [0.15, 0.2) is 0 Å². The number of hydrogen-bond acceptors (Lipinski definition) is 3. The summed E-state index contributed by atoms with van der Waals surface area (Å²) in [7, 11) is 1.64. The van der Waals surface area contributed by atoms with E-state index in [-0.39, 0.29) is 18.3 Å². The minimum Gasteiger partial charge on any atom is -0.497 e. The number of methoxy groups -OCH3 is 1. The summed E-state index contributed by atoms with van der Waals surface area (Å²) in [6.07, 6.45) is 2.67. The van der Waals surface area contributed by atoms with Gasteiger partial charge in [0.2, 0.25) is 5.91 Å². The maximum atomic E-state index is 12.2. The van der Waals surface area contributed by atoms with E-state index < -0.39 is 0 Å². The molecule has 0 spiro atoms. The number of benzene rings is 1. The van der Waals surface area contributed by atoms with Gasteiger partial charge in [-0.3, -0.25) is 4.79 Å². The molecular formula is C15H23ClN2O2. The fourth-order valence-electron chi connectivity index (χ4n) is 2.51. The first-order valence-electron chi connectivity index (χ1n) is 6.83. The van der Waals surface area contributed by atoms with Crippen molar-refractivity contribution in [1.82, 2.24) is 4.90 Å². The Bertz CT molecular complexity index is 422. The summed E-state index contributed by atoms with van der Waals surface area (Å²) in [5.74, 6) is 1.48. The molecule has 0 aliphatic carbocycles. The number of rotatable bonds is 4. The largest absolute Gasteiger partial charge is 0.497 e. The summed E-state index contributed by atoms with van der Waals surface area (Å²) in [5, 5.41) is 0. The fourth-order valence-corrected chi connectivity index (χ4v) is 2.51. The van der Waals surface area contributed by atoms with Crippen molar-refractivity contribution in [2.75, 3.05) is 26.7 Å². The number of nitrogens with zero attached hydrogens (tertiary/aromatic N) is 1. The highest BCUT2D eigenvalue weighted by molar-refractivity contribution is 5.85. The van der Waals surface area contributed by atoms with Gasteiger partial charge in [-0.1, -0.05) is 12.1 Å². The number of ether oxygens (including phenoxy) is 1. The second kappa shape index (κ2) is 8.12. The third kappa shape index (κ3) is 4.39. The predicted octanol–water partition coefficient (Wildman–Crippen LogP) is 1.86. The number of piperidine rings is 1. The molecule has 0 bridgehead atoms. The van der Waals surface area contributed by atoms with Crippen LogP contribution in [0.5, 0.6) is 5.75 Å². The summed E-state index contributed by atoms with van der Waals surface area (Å²) in [6, 6.07) is 7.67. The standard InChI is InChI=1S/C15H22N2O2.ClH/c1-19-14-6-4-12(5-7-14)9-15(18)17-8-2-3-13(10-16)11-17;/h4-7,13H,2-3,8-11,16H2,1H3;1H. The van der Waals surface area contributed by atoms with Gasteiger partial charge in [0, 0.05) is 13.1 Å². The molecular weight excluding hydrogens is 276 g/mol. The van der Waals surface area contributed by atoms with Crippen LogP contribution in [0.15, 0.2) is 24.3 Å². The molecule has 1 heterocycles. The summed E-state index contributed by atoms with van der Waals surface area (Å²) in [4.78, 5) is 14.2. The molecule has 1 aliphatic rings. The Hall–Kier alpha value is -1.26. The Kier molecular flexibility index (Phi) is 6.82. The van der Waals surface area contributed by atoms with Gasteiger partial charge in [0.25, 0.3) is 0 Å². The average molecular weight is 299 g/mol. The molecule has 1 aromatic carbocycles. The summed E-state index contributed by atoms with van der Waals surface area (Å²) < 4.78 is 5.11. The van der Waals surface area contributed by atoms with Crippen LogP contribution in [-0.2, 0) is 11.2 Å². The van der Waals surface area contributed by atoms with Crippen molar-refractivity contribution in [3.8, 4) is 5.75 Å². The Morgan fingerprint density at radius 3 is 2.70 bits per heavy atom. The van der Waals surface area contributed by atoms with Crippen LogP contribution in [0.4, 0.5) is 0 Å². The molecule has 2 rings (SSSR count). The molecule has 0 radical (unpaired) electrons. The van der Waals surface area contributed by atoms with E-state index in [1.54, 1.807) is 7.11 Å². The van der Waals surface area contributed by atoms with Gasteiger partial charge in [-0.25, -0.2) is 0 Å². The SMILES string of the molecule is COc1ccc(CC(=O)N2CCCC(CN)C2)cc1.Cl. The van der Waals surface area contributed by atoms with Gasteiger partial charge in [-0.2, -0.15) is 0 Å². The zero-order valence-corrected chi connectivity index (χ0v) is 12.7. The van der Waals surface area contributed by atoms with Gasteiger partial charge < -0.3 is 15.4 Å². The first-order chi connectivity index (χ1) is 9.22. The summed E-state index contributed by atoms with van der Waals surface area (Å²) in [6.45, 7) is 2.35. The van der Waals surface area contributed by atoms with Gasteiger partial charge in [-0.05, 0) is 43.0 Å². The lowest BCUT2D eigenvalue weighted by Crippen LogP contribution is -2.42. The van der Waals surface area contributed by atoms with E-state index in [1.807, 2.05) is 29.2 Å².